The van der Waals surface area contributed by atoms with E-state index < -0.39 is 22.0 Å². The van der Waals surface area contributed by atoms with Crippen LogP contribution < -0.4 is 4.31 Å². The van der Waals surface area contributed by atoms with Crippen molar-refractivity contribution < 1.29 is 17.6 Å². The summed E-state index contributed by atoms with van der Waals surface area (Å²) in [5.41, 5.74) is 3.02. The van der Waals surface area contributed by atoms with Crippen molar-refractivity contribution in [1.82, 2.24) is 0 Å². The molecule has 1 aliphatic carbocycles. The van der Waals surface area contributed by atoms with E-state index in [4.69, 9.17) is 4.42 Å². The highest BCUT2D eigenvalue weighted by Gasteiger charge is 2.52. The number of carbonyl (C=O) groups is 1. The summed E-state index contributed by atoms with van der Waals surface area (Å²) in [6, 6.07) is 23.3. The third-order valence-electron chi connectivity index (χ3n) is 6.62. The van der Waals surface area contributed by atoms with Crippen LogP contribution in [-0.2, 0) is 14.8 Å². The van der Waals surface area contributed by atoms with Gasteiger partial charge in [0.15, 0.2) is 5.78 Å². The van der Waals surface area contributed by atoms with Crippen molar-refractivity contribution in [1.29, 1.82) is 0 Å². The second-order valence-electron chi connectivity index (χ2n) is 8.59. The van der Waals surface area contributed by atoms with Gasteiger partial charge in [-0.25, -0.2) is 8.42 Å². The highest BCUT2D eigenvalue weighted by molar-refractivity contribution is 7.93. The molecule has 2 aliphatic rings. The van der Waals surface area contributed by atoms with Gasteiger partial charge in [-0.1, -0.05) is 66.2 Å². The van der Waals surface area contributed by atoms with Gasteiger partial charge in [0.25, 0.3) is 10.0 Å². The number of nitrogens with zero attached hydrogens (tertiary/aromatic N) is 1. The molecule has 3 atom stereocenters. The highest BCUT2D eigenvalue weighted by Crippen LogP contribution is 2.53. The predicted octanol–water partition coefficient (Wildman–Crippen LogP) is 5.21. The van der Waals surface area contributed by atoms with Gasteiger partial charge in [-0.15, -0.1) is 0 Å². The number of hydrogen-bond donors (Lipinski definition) is 0. The Morgan fingerprint density at radius 3 is 2.33 bits per heavy atom. The molecule has 33 heavy (non-hydrogen) atoms. The van der Waals surface area contributed by atoms with E-state index in [0.29, 0.717) is 17.0 Å². The Labute approximate surface area is 192 Å². The number of para-hydroxylation sites is 1. The first-order valence-electron chi connectivity index (χ1n) is 10.9. The molecule has 6 heteroatoms. The lowest BCUT2D eigenvalue weighted by Gasteiger charge is -2.40. The average molecular weight is 456 g/mol. The molecule has 1 aromatic heterocycles. The van der Waals surface area contributed by atoms with Crippen molar-refractivity contribution in [3.63, 3.8) is 0 Å². The van der Waals surface area contributed by atoms with Crippen LogP contribution in [0.25, 0.3) is 11.0 Å². The van der Waals surface area contributed by atoms with Gasteiger partial charge in [0.1, 0.15) is 17.0 Å². The van der Waals surface area contributed by atoms with Gasteiger partial charge in [-0.05, 0) is 42.8 Å². The van der Waals surface area contributed by atoms with Crippen molar-refractivity contribution in [3.05, 3.63) is 108 Å². The minimum atomic E-state index is -3.97. The molecule has 4 aromatic rings. The van der Waals surface area contributed by atoms with Crippen LogP contribution in [0.3, 0.4) is 0 Å². The molecule has 1 aliphatic heterocycles. The van der Waals surface area contributed by atoms with E-state index >= 15 is 0 Å². The Hall–Kier alpha value is -3.64. The number of carbonyl (C=O) groups excluding carboxylic acids is 1. The zero-order valence-electron chi connectivity index (χ0n) is 17.9. The molecule has 3 aromatic carbocycles. The van der Waals surface area contributed by atoms with Crippen molar-refractivity contribution >= 4 is 32.5 Å². The summed E-state index contributed by atoms with van der Waals surface area (Å²) >= 11 is 0. The molecule has 5 nitrogen and oxygen atoms in total. The second kappa shape index (κ2) is 7.18. The third-order valence-corrected chi connectivity index (χ3v) is 8.43. The molecular formula is C27H21NO4S. The number of sulfonamides is 1. The van der Waals surface area contributed by atoms with E-state index in [2.05, 4.69) is 0 Å². The SMILES string of the molecule is Cc1ccc(S(=O)(=O)N2c3c(oc4ccccc34)[C@@H](c3ccccc3)[C@H]3C(=O)C=C[C@H]32)cc1. The minimum Gasteiger partial charge on any atom is -0.458 e. The molecule has 0 saturated heterocycles. The maximum atomic E-state index is 14.0. The summed E-state index contributed by atoms with van der Waals surface area (Å²) in [6.45, 7) is 1.91. The van der Waals surface area contributed by atoms with Crippen LogP contribution in [0.2, 0.25) is 0 Å². The molecule has 2 heterocycles. The molecule has 164 valence electrons. The van der Waals surface area contributed by atoms with E-state index in [1.807, 2.05) is 61.5 Å². The third kappa shape index (κ3) is 2.91. The maximum Gasteiger partial charge on any atom is 0.265 e. The zero-order chi connectivity index (χ0) is 22.7. The van der Waals surface area contributed by atoms with Crippen LogP contribution in [0.15, 0.2) is 100 Å². The molecule has 0 radical (unpaired) electrons. The number of aryl methyl sites for hydroxylation is 1. The molecular weight excluding hydrogens is 434 g/mol. The lowest BCUT2D eigenvalue weighted by Crippen LogP contribution is -2.49. The van der Waals surface area contributed by atoms with E-state index in [-0.39, 0.29) is 16.6 Å². The van der Waals surface area contributed by atoms with Crippen LogP contribution in [0.5, 0.6) is 0 Å². The number of benzene rings is 3. The first-order chi connectivity index (χ1) is 16.0. The van der Waals surface area contributed by atoms with Crippen molar-refractivity contribution in [2.24, 2.45) is 5.92 Å². The van der Waals surface area contributed by atoms with E-state index in [1.165, 1.54) is 10.4 Å². The van der Waals surface area contributed by atoms with Gasteiger partial charge in [0.2, 0.25) is 0 Å². The first-order valence-corrected chi connectivity index (χ1v) is 12.3. The van der Waals surface area contributed by atoms with Gasteiger partial charge < -0.3 is 4.42 Å². The van der Waals surface area contributed by atoms with Crippen LogP contribution in [-0.4, -0.2) is 20.2 Å². The van der Waals surface area contributed by atoms with Crippen molar-refractivity contribution in [2.45, 2.75) is 23.8 Å². The molecule has 0 amide bonds. The molecule has 0 N–H and O–H groups in total. The minimum absolute atomic E-state index is 0.0935. The van der Waals surface area contributed by atoms with E-state index in [9.17, 15) is 13.2 Å². The molecule has 0 saturated carbocycles. The Balaban J connectivity index is 1.66. The topological polar surface area (TPSA) is 67.6 Å². The fourth-order valence-electron chi connectivity index (χ4n) is 5.10. The Morgan fingerprint density at radius 2 is 1.58 bits per heavy atom. The van der Waals surface area contributed by atoms with Crippen LogP contribution in [0.4, 0.5) is 5.69 Å². The summed E-state index contributed by atoms with van der Waals surface area (Å²) in [4.78, 5) is 13.3. The Bertz CT molecular complexity index is 1520. The van der Waals surface area contributed by atoms with Crippen LogP contribution >= 0.6 is 0 Å². The van der Waals surface area contributed by atoms with Crippen molar-refractivity contribution in [3.8, 4) is 0 Å². The van der Waals surface area contributed by atoms with E-state index in [1.54, 1.807) is 30.3 Å². The first kappa shape index (κ1) is 20.0. The summed E-state index contributed by atoms with van der Waals surface area (Å²) in [5, 5.41) is 0.718. The van der Waals surface area contributed by atoms with Gasteiger partial charge in [-0.2, -0.15) is 0 Å². The summed E-state index contributed by atoms with van der Waals surface area (Å²) in [5.74, 6) is -0.563. The smallest absolute Gasteiger partial charge is 0.265 e. The van der Waals surface area contributed by atoms with Gasteiger partial charge in [0.05, 0.1) is 22.8 Å². The molecule has 6 rings (SSSR count). The number of rotatable bonds is 3. The second-order valence-corrected chi connectivity index (χ2v) is 10.4. The summed E-state index contributed by atoms with van der Waals surface area (Å²) < 4.78 is 35.8. The zero-order valence-corrected chi connectivity index (χ0v) is 18.7. The number of anilines is 1. The monoisotopic (exact) mass is 455 g/mol. The number of furan rings is 1. The van der Waals surface area contributed by atoms with Crippen molar-refractivity contribution in [2.75, 3.05) is 4.31 Å². The number of allylic oxidation sites excluding steroid dienone is 1. The van der Waals surface area contributed by atoms with Gasteiger partial charge >= 0.3 is 0 Å². The quantitative estimate of drug-likeness (QED) is 0.426. The molecule has 0 bridgehead atoms. The molecule has 0 fully saturated rings. The number of ketones is 1. The average Bonchev–Trinajstić information content (AvgIpc) is 3.39. The predicted molar refractivity (Wildman–Crippen MR) is 127 cm³/mol. The highest BCUT2D eigenvalue weighted by atomic mass is 32.2. The lowest BCUT2D eigenvalue weighted by molar-refractivity contribution is -0.118. The van der Waals surface area contributed by atoms with E-state index in [0.717, 1.165) is 16.5 Å². The lowest BCUT2D eigenvalue weighted by atomic mass is 9.77. The maximum absolute atomic E-state index is 14.0. The largest absolute Gasteiger partial charge is 0.458 e. The normalized spacial score (nSPS) is 21.9. The van der Waals surface area contributed by atoms with Crippen LogP contribution in [0.1, 0.15) is 22.8 Å². The molecule has 0 unspecified atom stereocenters. The Morgan fingerprint density at radius 1 is 0.879 bits per heavy atom. The van der Waals surface area contributed by atoms with Crippen LogP contribution in [0, 0.1) is 12.8 Å². The number of hydrogen-bond acceptors (Lipinski definition) is 4. The summed E-state index contributed by atoms with van der Waals surface area (Å²) in [6.07, 6.45) is 3.23. The fourth-order valence-corrected chi connectivity index (χ4v) is 6.76. The molecule has 0 spiro atoms. The standard InChI is InChI=1S/C27H21NO4S/c1-17-11-13-19(14-12-17)33(30,31)28-21-15-16-22(29)25(21)24(18-7-3-2-4-8-18)27-26(28)20-9-5-6-10-23(20)32-27/h2-16,21,24-25H,1H3/t21-,24+,25-/m1/s1. The van der Waals surface area contributed by atoms with Gasteiger partial charge in [-0.3, -0.25) is 9.10 Å². The summed E-state index contributed by atoms with van der Waals surface area (Å²) in [7, 11) is -3.97. The number of fused-ring (bicyclic) bond motifs is 4. The fraction of sp³-hybridized carbons (Fsp3) is 0.148. The Kier molecular flexibility index (Phi) is 4.35. The van der Waals surface area contributed by atoms with Gasteiger partial charge in [0, 0.05) is 5.39 Å².